The molecule has 2 saturated heterocycles. The summed E-state index contributed by atoms with van der Waals surface area (Å²) in [4.78, 5) is 67.7. The van der Waals surface area contributed by atoms with Crippen molar-refractivity contribution in [1.29, 1.82) is 0 Å². The fourth-order valence-corrected chi connectivity index (χ4v) is 4.82. The second-order valence-corrected chi connectivity index (χ2v) is 10.6. The molecule has 3 N–H and O–H groups in total. The molecule has 0 aliphatic carbocycles. The third-order valence-electron chi connectivity index (χ3n) is 6.95. The number of nitrogens with zero attached hydrogens (tertiary/aromatic N) is 1. The summed E-state index contributed by atoms with van der Waals surface area (Å²) in [6.45, 7) is 4.75. The maximum absolute atomic E-state index is 13.5. The number of carbonyl (C=O) groups is 5. The molecule has 2 fully saturated rings. The van der Waals surface area contributed by atoms with Crippen LogP contribution in [0.5, 0.6) is 0 Å². The van der Waals surface area contributed by atoms with Gasteiger partial charge in [-0.15, -0.1) is 0 Å². The highest BCUT2D eigenvalue weighted by Crippen LogP contribution is 2.33. The average molecular weight is 585 g/mol. The monoisotopic (exact) mass is 584 g/mol. The minimum atomic E-state index is -4.86. The third-order valence-corrected chi connectivity index (χ3v) is 6.95. The van der Waals surface area contributed by atoms with Crippen LogP contribution in [-0.4, -0.2) is 72.4 Å². The number of halogens is 3. The van der Waals surface area contributed by atoms with Crippen LogP contribution in [0.2, 0.25) is 0 Å². The zero-order chi connectivity index (χ0) is 30.3. The lowest BCUT2D eigenvalue weighted by atomic mass is 9.95. The minimum absolute atomic E-state index is 0.0168. The molecule has 3 heterocycles. The predicted octanol–water partition coefficient (Wildman–Crippen LogP) is 1.86. The number of carbonyl (C=O) groups excluding carboxylic acids is 5. The molecule has 0 unspecified atom stereocenters. The van der Waals surface area contributed by atoms with E-state index in [4.69, 9.17) is 9.47 Å². The van der Waals surface area contributed by atoms with Crippen LogP contribution in [0.4, 0.5) is 13.2 Å². The van der Waals surface area contributed by atoms with Crippen LogP contribution in [-0.2, 0) is 34.8 Å². The number of Topliss-reactive ketones (excluding diaryl/α,β-unsaturated/α-hetero) is 1. The maximum atomic E-state index is 13.5. The molecule has 0 bridgehead atoms. The van der Waals surface area contributed by atoms with Crippen molar-refractivity contribution in [3.05, 3.63) is 29.1 Å². The molecular formula is C27H35F3N4O7. The van der Waals surface area contributed by atoms with Gasteiger partial charge in [-0.3, -0.25) is 24.2 Å². The van der Waals surface area contributed by atoms with Gasteiger partial charge in [0.15, 0.2) is 12.4 Å². The first kappa shape index (κ1) is 32.0. The van der Waals surface area contributed by atoms with Crippen molar-refractivity contribution in [3.8, 4) is 0 Å². The van der Waals surface area contributed by atoms with Crippen LogP contribution in [0.1, 0.15) is 67.6 Å². The van der Waals surface area contributed by atoms with E-state index in [2.05, 4.69) is 20.9 Å². The standard InChI is InChI=1S/C27H35F3N4O7/c1-14(2)11-19(34-25(38)21-5-4-10-40-21)24(37)33-18(12-16-6-8-32-23(16)36)20(35)13-41-26(39)22-15(3)31-9-7-17(22)27(28,29)30/h7,9,14,16,18-19,21H,4-6,8,10-13H2,1-3H3,(H,32,36)(H,33,37)(H,34,38)/t16-,18-,19-,21+/m0/s1. The number of pyridine rings is 1. The summed E-state index contributed by atoms with van der Waals surface area (Å²) in [6, 6.07) is -1.70. The number of hydrogen-bond donors (Lipinski definition) is 3. The average Bonchev–Trinajstić information content (AvgIpc) is 3.57. The lowest BCUT2D eigenvalue weighted by Gasteiger charge is -2.25. The van der Waals surface area contributed by atoms with Gasteiger partial charge in [0.05, 0.1) is 22.9 Å². The molecule has 3 amide bonds. The third kappa shape index (κ3) is 8.72. The second-order valence-electron chi connectivity index (χ2n) is 10.6. The first-order chi connectivity index (χ1) is 19.3. The maximum Gasteiger partial charge on any atom is 0.417 e. The highest BCUT2D eigenvalue weighted by Gasteiger charge is 2.38. The van der Waals surface area contributed by atoms with Crippen LogP contribution in [0.25, 0.3) is 0 Å². The highest BCUT2D eigenvalue weighted by atomic mass is 19.4. The molecule has 4 atom stereocenters. The SMILES string of the molecule is Cc1nccc(C(F)(F)F)c1C(=O)OCC(=O)[C@H](C[C@@H]1CCNC1=O)NC(=O)[C@H](CC(C)C)NC(=O)[C@H]1CCCO1. The van der Waals surface area contributed by atoms with E-state index in [0.717, 1.165) is 6.20 Å². The molecule has 0 aromatic carbocycles. The van der Waals surface area contributed by atoms with Gasteiger partial charge < -0.3 is 25.4 Å². The number of alkyl halides is 3. The molecule has 2 aliphatic heterocycles. The fraction of sp³-hybridized carbons (Fsp3) is 0.630. The number of amides is 3. The van der Waals surface area contributed by atoms with Gasteiger partial charge in [0.2, 0.25) is 17.7 Å². The van der Waals surface area contributed by atoms with Gasteiger partial charge in [0.1, 0.15) is 12.1 Å². The fourth-order valence-electron chi connectivity index (χ4n) is 4.82. The lowest BCUT2D eigenvalue weighted by molar-refractivity contribution is -0.138. The summed E-state index contributed by atoms with van der Waals surface area (Å²) in [6.07, 6.45) is -2.91. The number of ketones is 1. The van der Waals surface area contributed by atoms with E-state index < -0.39 is 71.6 Å². The van der Waals surface area contributed by atoms with E-state index in [-0.39, 0.29) is 30.4 Å². The first-order valence-electron chi connectivity index (χ1n) is 13.5. The molecule has 11 nitrogen and oxygen atoms in total. The molecular weight excluding hydrogens is 549 g/mol. The second kappa shape index (κ2) is 13.9. The topological polar surface area (TPSA) is 153 Å². The van der Waals surface area contributed by atoms with Crippen molar-refractivity contribution >= 4 is 29.5 Å². The summed E-state index contributed by atoms with van der Waals surface area (Å²) in [5, 5.41) is 7.88. The molecule has 0 radical (unpaired) electrons. The number of ether oxygens (including phenoxy) is 2. The van der Waals surface area contributed by atoms with Gasteiger partial charge in [-0.25, -0.2) is 4.79 Å². The van der Waals surface area contributed by atoms with Crippen molar-refractivity contribution in [3.63, 3.8) is 0 Å². The molecule has 41 heavy (non-hydrogen) atoms. The van der Waals surface area contributed by atoms with Crippen LogP contribution >= 0.6 is 0 Å². The minimum Gasteiger partial charge on any atom is -0.454 e. The van der Waals surface area contributed by atoms with E-state index in [9.17, 15) is 37.1 Å². The van der Waals surface area contributed by atoms with Crippen LogP contribution in [0, 0.1) is 18.8 Å². The van der Waals surface area contributed by atoms with Gasteiger partial charge in [0, 0.05) is 25.3 Å². The number of rotatable bonds is 12. The molecule has 0 spiro atoms. The molecule has 0 saturated carbocycles. The predicted molar refractivity (Wildman–Crippen MR) is 137 cm³/mol. The Bertz CT molecular complexity index is 1150. The summed E-state index contributed by atoms with van der Waals surface area (Å²) in [5.74, 6) is -4.32. The van der Waals surface area contributed by atoms with Crippen molar-refractivity contribution in [2.75, 3.05) is 19.8 Å². The zero-order valence-electron chi connectivity index (χ0n) is 23.1. The van der Waals surface area contributed by atoms with E-state index in [1.54, 1.807) is 0 Å². The summed E-state index contributed by atoms with van der Waals surface area (Å²) in [5.41, 5.74) is -2.31. The van der Waals surface area contributed by atoms with E-state index in [1.165, 1.54) is 6.92 Å². The Balaban J connectivity index is 1.75. The number of aromatic nitrogens is 1. The van der Waals surface area contributed by atoms with Crippen LogP contribution in [0.3, 0.4) is 0 Å². The Morgan fingerprint density at radius 3 is 2.49 bits per heavy atom. The number of esters is 1. The van der Waals surface area contributed by atoms with Crippen molar-refractivity contribution in [2.24, 2.45) is 11.8 Å². The molecule has 1 aromatic heterocycles. The Hall–Kier alpha value is -3.55. The Labute approximate surface area is 235 Å². The normalized spacial score (nSPS) is 20.3. The van der Waals surface area contributed by atoms with Gasteiger partial charge in [-0.2, -0.15) is 13.2 Å². The molecule has 14 heteroatoms. The van der Waals surface area contributed by atoms with Gasteiger partial charge in [-0.1, -0.05) is 13.8 Å². The van der Waals surface area contributed by atoms with Gasteiger partial charge in [-0.05, 0) is 51.0 Å². The number of aryl methyl sites for hydroxylation is 1. The number of nitrogens with one attached hydrogen (secondary N) is 3. The largest absolute Gasteiger partial charge is 0.454 e. The first-order valence-corrected chi connectivity index (χ1v) is 13.5. The zero-order valence-corrected chi connectivity index (χ0v) is 23.1. The summed E-state index contributed by atoms with van der Waals surface area (Å²) >= 11 is 0. The summed E-state index contributed by atoms with van der Waals surface area (Å²) < 4.78 is 50.7. The van der Waals surface area contributed by atoms with E-state index in [1.807, 2.05) is 13.8 Å². The molecule has 2 aliphatic rings. The van der Waals surface area contributed by atoms with Crippen LogP contribution in [0.15, 0.2) is 12.3 Å². The van der Waals surface area contributed by atoms with E-state index >= 15 is 0 Å². The smallest absolute Gasteiger partial charge is 0.417 e. The number of hydrogen-bond acceptors (Lipinski definition) is 8. The van der Waals surface area contributed by atoms with Crippen LogP contribution < -0.4 is 16.0 Å². The highest BCUT2D eigenvalue weighted by molar-refractivity contribution is 5.97. The lowest BCUT2D eigenvalue weighted by Crippen LogP contribution is -2.54. The van der Waals surface area contributed by atoms with E-state index in [0.29, 0.717) is 38.5 Å². The molecule has 226 valence electrons. The molecule has 3 rings (SSSR count). The molecule has 1 aromatic rings. The van der Waals surface area contributed by atoms with Crippen molar-refractivity contribution in [2.45, 2.75) is 77.2 Å². The Morgan fingerprint density at radius 1 is 1.17 bits per heavy atom. The van der Waals surface area contributed by atoms with Gasteiger partial charge >= 0.3 is 12.1 Å². The Kier molecular flexibility index (Phi) is 10.8. The quantitative estimate of drug-likeness (QED) is 0.315. The van der Waals surface area contributed by atoms with Crippen molar-refractivity contribution < 1.29 is 46.6 Å². The Morgan fingerprint density at radius 2 is 1.90 bits per heavy atom. The van der Waals surface area contributed by atoms with Crippen molar-refractivity contribution in [1.82, 2.24) is 20.9 Å². The summed E-state index contributed by atoms with van der Waals surface area (Å²) in [7, 11) is 0. The van der Waals surface area contributed by atoms with Gasteiger partial charge in [0.25, 0.3) is 0 Å².